The Hall–Kier alpha value is -3.38. The van der Waals surface area contributed by atoms with E-state index >= 15 is 0 Å². The number of rotatable bonds is 6. The third-order valence-electron chi connectivity index (χ3n) is 4.48. The normalized spacial score (nSPS) is 11.8. The molecule has 146 valence electrons. The van der Waals surface area contributed by atoms with E-state index < -0.39 is 0 Å². The minimum atomic E-state index is -0.265. The van der Waals surface area contributed by atoms with Crippen LogP contribution >= 0.6 is 11.3 Å². The van der Waals surface area contributed by atoms with E-state index in [1.807, 2.05) is 50.2 Å². The summed E-state index contributed by atoms with van der Waals surface area (Å²) < 4.78 is 5.24. The topological polar surface area (TPSA) is 67.2 Å². The van der Waals surface area contributed by atoms with E-state index in [0.29, 0.717) is 0 Å². The van der Waals surface area contributed by atoms with Gasteiger partial charge in [-0.05, 0) is 49.7 Å². The molecule has 3 aromatic heterocycles. The second-order valence-electron chi connectivity index (χ2n) is 6.73. The lowest BCUT2D eigenvalue weighted by atomic mass is 10.00. The molecule has 0 saturated heterocycles. The van der Waals surface area contributed by atoms with Crippen LogP contribution in [0.4, 0.5) is 10.8 Å². The van der Waals surface area contributed by atoms with Crippen LogP contribution in [0.15, 0.2) is 77.4 Å². The van der Waals surface area contributed by atoms with Crippen molar-refractivity contribution in [2.24, 2.45) is 0 Å². The fraction of sp³-hybridized carbons (Fsp3) is 0.130. The van der Waals surface area contributed by atoms with Gasteiger partial charge in [-0.3, -0.25) is 4.79 Å². The molecule has 0 saturated carbocycles. The Morgan fingerprint density at radius 3 is 2.59 bits per heavy atom. The van der Waals surface area contributed by atoms with Gasteiger partial charge in [-0.2, -0.15) is 0 Å². The molecule has 0 bridgehead atoms. The van der Waals surface area contributed by atoms with Crippen molar-refractivity contribution in [3.63, 3.8) is 0 Å². The molecule has 0 aliphatic carbocycles. The number of aryl methyl sites for hydroxylation is 2. The maximum atomic E-state index is 12.6. The Labute approximate surface area is 173 Å². The van der Waals surface area contributed by atoms with Crippen LogP contribution in [0.2, 0.25) is 0 Å². The fourth-order valence-corrected chi connectivity index (χ4v) is 4.12. The second kappa shape index (κ2) is 8.32. The van der Waals surface area contributed by atoms with E-state index in [-0.39, 0.29) is 17.7 Å². The highest BCUT2D eigenvalue weighted by Crippen LogP contribution is 2.37. The SMILES string of the molecule is Cc1cccc(NC(c2ccccc2)c2cc(C)sc2NC(=O)c2ccco2)n1. The monoisotopic (exact) mass is 403 g/mol. The van der Waals surface area contributed by atoms with Crippen molar-refractivity contribution >= 4 is 28.1 Å². The summed E-state index contributed by atoms with van der Waals surface area (Å²) in [5.74, 6) is 0.802. The summed E-state index contributed by atoms with van der Waals surface area (Å²) in [6.07, 6.45) is 1.49. The third kappa shape index (κ3) is 4.38. The number of carbonyl (C=O) groups excluding carboxylic acids is 1. The minimum absolute atomic E-state index is 0.164. The highest BCUT2D eigenvalue weighted by Gasteiger charge is 2.22. The largest absolute Gasteiger partial charge is 0.459 e. The number of nitrogens with zero attached hydrogens (tertiary/aromatic N) is 1. The molecule has 1 unspecified atom stereocenters. The highest BCUT2D eigenvalue weighted by atomic mass is 32.1. The van der Waals surface area contributed by atoms with Gasteiger partial charge in [0.05, 0.1) is 12.3 Å². The summed E-state index contributed by atoms with van der Waals surface area (Å²) in [6.45, 7) is 4.00. The molecule has 4 aromatic rings. The van der Waals surface area contributed by atoms with Crippen molar-refractivity contribution in [3.8, 4) is 0 Å². The number of benzene rings is 1. The van der Waals surface area contributed by atoms with Gasteiger partial charge in [0.2, 0.25) is 0 Å². The minimum Gasteiger partial charge on any atom is -0.459 e. The van der Waals surface area contributed by atoms with Crippen molar-refractivity contribution < 1.29 is 9.21 Å². The highest BCUT2D eigenvalue weighted by molar-refractivity contribution is 7.16. The molecule has 1 amide bonds. The molecule has 6 heteroatoms. The Morgan fingerprint density at radius 1 is 1.03 bits per heavy atom. The zero-order chi connectivity index (χ0) is 20.2. The van der Waals surface area contributed by atoms with Crippen LogP contribution in [0, 0.1) is 13.8 Å². The maximum absolute atomic E-state index is 12.6. The van der Waals surface area contributed by atoms with Crippen LogP contribution in [-0.2, 0) is 0 Å². The molecule has 0 fully saturated rings. The van der Waals surface area contributed by atoms with Gasteiger partial charge >= 0.3 is 0 Å². The molecule has 4 rings (SSSR count). The Morgan fingerprint density at radius 2 is 1.86 bits per heavy atom. The van der Waals surface area contributed by atoms with E-state index in [4.69, 9.17) is 4.42 Å². The lowest BCUT2D eigenvalue weighted by molar-refractivity contribution is 0.0997. The number of amides is 1. The number of hydrogen-bond acceptors (Lipinski definition) is 5. The second-order valence-corrected chi connectivity index (χ2v) is 7.98. The summed E-state index contributed by atoms with van der Waals surface area (Å²) in [5.41, 5.74) is 3.01. The molecule has 5 nitrogen and oxygen atoms in total. The molecule has 0 aliphatic heterocycles. The summed E-state index contributed by atoms with van der Waals surface area (Å²) in [6, 6.07) is 21.3. The van der Waals surface area contributed by atoms with Crippen molar-refractivity contribution in [2.75, 3.05) is 10.6 Å². The fourth-order valence-electron chi connectivity index (χ4n) is 3.18. The van der Waals surface area contributed by atoms with Crippen LogP contribution in [0.1, 0.15) is 38.3 Å². The predicted octanol–water partition coefficient (Wildman–Crippen LogP) is 5.81. The Balaban J connectivity index is 1.72. The third-order valence-corrected chi connectivity index (χ3v) is 5.46. The molecular formula is C23H21N3O2S. The average molecular weight is 404 g/mol. The molecule has 0 aliphatic rings. The van der Waals surface area contributed by atoms with E-state index in [1.165, 1.54) is 6.26 Å². The van der Waals surface area contributed by atoms with Crippen molar-refractivity contribution in [2.45, 2.75) is 19.9 Å². The zero-order valence-corrected chi connectivity index (χ0v) is 17.0. The molecule has 29 heavy (non-hydrogen) atoms. The molecule has 1 atom stereocenters. The molecule has 1 aromatic carbocycles. The van der Waals surface area contributed by atoms with Crippen LogP contribution in [0.25, 0.3) is 0 Å². The van der Waals surface area contributed by atoms with Gasteiger partial charge in [0.1, 0.15) is 10.8 Å². The van der Waals surface area contributed by atoms with Crippen molar-refractivity contribution in [1.29, 1.82) is 0 Å². The van der Waals surface area contributed by atoms with Crippen molar-refractivity contribution in [1.82, 2.24) is 4.98 Å². The van der Waals surface area contributed by atoms with Crippen LogP contribution < -0.4 is 10.6 Å². The maximum Gasteiger partial charge on any atom is 0.291 e. The zero-order valence-electron chi connectivity index (χ0n) is 16.2. The van der Waals surface area contributed by atoms with Gasteiger partial charge in [-0.25, -0.2) is 4.98 Å². The van der Waals surface area contributed by atoms with E-state index in [1.54, 1.807) is 23.5 Å². The molecular weight excluding hydrogens is 382 g/mol. The average Bonchev–Trinajstić information content (AvgIpc) is 3.37. The van der Waals surface area contributed by atoms with Crippen molar-refractivity contribution in [3.05, 3.63) is 100 Å². The lowest BCUT2D eigenvalue weighted by Crippen LogP contribution is -2.17. The number of aromatic nitrogens is 1. The van der Waals surface area contributed by atoms with E-state index in [9.17, 15) is 4.79 Å². The number of thiophene rings is 1. The molecule has 3 heterocycles. The first-order valence-corrected chi connectivity index (χ1v) is 10.1. The predicted molar refractivity (Wildman–Crippen MR) is 117 cm³/mol. The summed E-state index contributed by atoms with van der Waals surface area (Å²) in [5, 5.41) is 7.33. The Bertz CT molecular complexity index is 1100. The van der Waals surface area contributed by atoms with Crippen LogP contribution in [-0.4, -0.2) is 10.9 Å². The number of hydrogen-bond donors (Lipinski definition) is 2. The molecule has 2 N–H and O–H groups in total. The first kappa shape index (κ1) is 19.0. The quantitative estimate of drug-likeness (QED) is 0.426. The summed E-state index contributed by atoms with van der Waals surface area (Å²) >= 11 is 1.54. The summed E-state index contributed by atoms with van der Waals surface area (Å²) in [4.78, 5) is 18.3. The lowest BCUT2D eigenvalue weighted by Gasteiger charge is -2.21. The number of furan rings is 1. The number of nitrogens with one attached hydrogen (secondary N) is 2. The van der Waals surface area contributed by atoms with Crippen LogP contribution in [0.3, 0.4) is 0 Å². The van der Waals surface area contributed by atoms with Gasteiger partial charge in [-0.1, -0.05) is 36.4 Å². The summed E-state index contributed by atoms with van der Waals surface area (Å²) in [7, 11) is 0. The van der Waals surface area contributed by atoms with Gasteiger partial charge in [-0.15, -0.1) is 11.3 Å². The van der Waals surface area contributed by atoms with Gasteiger partial charge in [0.15, 0.2) is 5.76 Å². The van der Waals surface area contributed by atoms with Gasteiger partial charge in [0, 0.05) is 16.1 Å². The number of carbonyl (C=O) groups is 1. The molecule has 0 spiro atoms. The Kier molecular flexibility index (Phi) is 5.44. The molecule has 0 radical (unpaired) electrons. The number of anilines is 2. The van der Waals surface area contributed by atoms with E-state index in [0.717, 1.165) is 32.5 Å². The first-order chi connectivity index (χ1) is 14.1. The smallest absolute Gasteiger partial charge is 0.291 e. The first-order valence-electron chi connectivity index (χ1n) is 9.30. The van der Waals surface area contributed by atoms with Gasteiger partial charge in [0.25, 0.3) is 5.91 Å². The van der Waals surface area contributed by atoms with Gasteiger partial charge < -0.3 is 15.1 Å². The van der Waals surface area contributed by atoms with E-state index in [2.05, 4.69) is 33.8 Å². The standard InChI is InChI=1S/C23H21N3O2S/c1-15-8-6-12-20(24-15)25-21(17-9-4-3-5-10-17)18-14-16(2)29-23(18)26-22(27)19-11-7-13-28-19/h3-14,21H,1-2H3,(H,24,25)(H,26,27). The van der Waals surface area contributed by atoms with Crippen LogP contribution in [0.5, 0.6) is 0 Å². The number of pyridine rings is 1.